The van der Waals surface area contributed by atoms with Crippen LogP contribution in [0, 0.1) is 0 Å². The van der Waals surface area contributed by atoms with Crippen molar-refractivity contribution in [1.82, 2.24) is 19.5 Å². The molecular formula is C23H18N6O. The molecule has 7 nitrogen and oxygen atoms in total. The number of pyridine rings is 1. The van der Waals surface area contributed by atoms with Crippen molar-refractivity contribution in [2.75, 3.05) is 11.1 Å². The van der Waals surface area contributed by atoms with E-state index in [1.807, 2.05) is 77.5 Å². The molecular weight excluding hydrogens is 376 g/mol. The number of aromatic nitrogens is 4. The summed E-state index contributed by atoms with van der Waals surface area (Å²) in [5, 5.41) is 4.18. The Morgan fingerprint density at radius 3 is 2.70 bits per heavy atom. The second kappa shape index (κ2) is 7.56. The van der Waals surface area contributed by atoms with Crippen LogP contribution in [0.4, 0.5) is 17.3 Å². The summed E-state index contributed by atoms with van der Waals surface area (Å²) < 4.78 is 8.00. The van der Waals surface area contributed by atoms with Crippen LogP contribution in [0.5, 0.6) is 11.6 Å². The van der Waals surface area contributed by atoms with Crippen molar-refractivity contribution < 1.29 is 4.74 Å². The number of nitrogens with one attached hydrogen (secondary N) is 1. The van der Waals surface area contributed by atoms with Crippen LogP contribution in [0.3, 0.4) is 0 Å². The standard InChI is InChI=1S/C23H18N6O/c24-17-4-3-5-18(15-17)27-23-26-12-9-22(28-23)30-19-7-8-20-16(14-19)10-13-29(20)21-6-1-2-11-25-21/h1-15H,24H2,(H,26,27,28). The molecule has 0 saturated heterocycles. The molecule has 0 aliphatic rings. The predicted molar refractivity (Wildman–Crippen MR) is 117 cm³/mol. The Kier molecular flexibility index (Phi) is 4.46. The Morgan fingerprint density at radius 2 is 1.83 bits per heavy atom. The van der Waals surface area contributed by atoms with Gasteiger partial charge in [-0.15, -0.1) is 0 Å². The molecule has 3 N–H and O–H groups in total. The van der Waals surface area contributed by atoms with Crippen LogP contribution in [0.25, 0.3) is 16.7 Å². The maximum atomic E-state index is 5.96. The van der Waals surface area contributed by atoms with Gasteiger partial charge < -0.3 is 20.4 Å². The van der Waals surface area contributed by atoms with Crippen molar-refractivity contribution in [2.45, 2.75) is 0 Å². The van der Waals surface area contributed by atoms with Gasteiger partial charge in [0.25, 0.3) is 0 Å². The van der Waals surface area contributed by atoms with E-state index in [1.165, 1.54) is 0 Å². The van der Waals surface area contributed by atoms with Gasteiger partial charge >= 0.3 is 0 Å². The zero-order valence-corrected chi connectivity index (χ0v) is 15.9. The number of benzene rings is 2. The minimum Gasteiger partial charge on any atom is -0.439 e. The van der Waals surface area contributed by atoms with E-state index < -0.39 is 0 Å². The first-order chi connectivity index (χ1) is 14.7. The average molecular weight is 394 g/mol. The number of hydrogen-bond acceptors (Lipinski definition) is 6. The van der Waals surface area contributed by atoms with E-state index in [9.17, 15) is 0 Å². The Balaban J connectivity index is 1.38. The fraction of sp³-hybridized carbons (Fsp3) is 0. The first-order valence-electron chi connectivity index (χ1n) is 9.41. The van der Waals surface area contributed by atoms with Crippen molar-refractivity contribution in [2.24, 2.45) is 0 Å². The van der Waals surface area contributed by atoms with Gasteiger partial charge in [0.15, 0.2) is 0 Å². The number of rotatable bonds is 5. The lowest BCUT2D eigenvalue weighted by Gasteiger charge is -2.09. The average Bonchev–Trinajstić information content (AvgIpc) is 3.18. The van der Waals surface area contributed by atoms with Crippen molar-refractivity contribution in [1.29, 1.82) is 0 Å². The van der Waals surface area contributed by atoms with Gasteiger partial charge in [-0.25, -0.2) is 9.97 Å². The lowest BCUT2D eigenvalue weighted by Crippen LogP contribution is -1.99. The molecule has 0 bridgehead atoms. The van der Waals surface area contributed by atoms with E-state index in [0.29, 0.717) is 23.3 Å². The summed E-state index contributed by atoms with van der Waals surface area (Å²) in [4.78, 5) is 13.1. The van der Waals surface area contributed by atoms with E-state index in [4.69, 9.17) is 10.5 Å². The van der Waals surface area contributed by atoms with Crippen LogP contribution < -0.4 is 15.8 Å². The van der Waals surface area contributed by atoms with Crippen molar-refractivity contribution in [3.8, 4) is 17.4 Å². The highest BCUT2D eigenvalue weighted by Crippen LogP contribution is 2.27. The zero-order valence-electron chi connectivity index (χ0n) is 15.9. The number of nitrogens with two attached hydrogens (primary N) is 1. The Bertz CT molecular complexity index is 1320. The number of anilines is 3. The Labute approximate surface area is 172 Å². The summed E-state index contributed by atoms with van der Waals surface area (Å²) in [6.07, 6.45) is 5.42. The van der Waals surface area contributed by atoms with E-state index in [0.717, 1.165) is 22.4 Å². The molecule has 0 radical (unpaired) electrons. The van der Waals surface area contributed by atoms with E-state index in [2.05, 4.69) is 20.3 Å². The second-order valence-electron chi connectivity index (χ2n) is 6.67. The van der Waals surface area contributed by atoms with E-state index in [-0.39, 0.29) is 0 Å². The fourth-order valence-corrected chi connectivity index (χ4v) is 3.21. The largest absolute Gasteiger partial charge is 0.439 e. The summed E-state index contributed by atoms with van der Waals surface area (Å²) >= 11 is 0. The predicted octanol–water partition coefficient (Wildman–Crippen LogP) is 4.93. The van der Waals surface area contributed by atoms with E-state index >= 15 is 0 Å². The van der Waals surface area contributed by atoms with E-state index in [1.54, 1.807) is 18.5 Å². The van der Waals surface area contributed by atoms with Gasteiger partial charge in [0.05, 0.1) is 5.52 Å². The monoisotopic (exact) mass is 394 g/mol. The summed E-state index contributed by atoms with van der Waals surface area (Å²) in [7, 11) is 0. The zero-order chi connectivity index (χ0) is 20.3. The second-order valence-corrected chi connectivity index (χ2v) is 6.67. The van der Waals surface area contributed by atoms with Gasteiger partial charge in [-0.1, -0.05) is 12.1 Å². The summed E-state index contributed by atoms with van der Waals surface area (Å²) in [6.45, 7) is 0. The third kappa shape index (κ3) is 3.64. The molecule has 0 atom stereocenters. The highest BCUT2D eigenvalue weighted by atomic mass is 16.5. The van der Waals surface area contributed by atoms with Gasteiger partial charge in [-0.2, -0.15) is 4.98 Å². The summed E-state index contributed by atoms with van der Waals surface area (Å²) in [5.74, 6) is 2.43. The molecule has 7 heteroatoms. The molecule has 0 unspecified atom stereocenters. The van der Waals surface area contributed by atoms with Gasteiger partial charge in [0, 0.05) is 41.4 Å². The normalized spacial score (nSPS) is 10.8. The molecule has 0 fully saturated rings. The highest BCUT2D eigenvalue weighted by molar-refractivity contribution is 5.83. The Morgan fingerprint density at radius 1 is 0.867 bits per heavy atom. The maximum Gasteiger partial charge on any atom is 0.230 e. The van der Waals surface area contributed by atoms with Gasteiger partial charge in [0.2, 0.25) is 11.8 Å². The molecule has 5 aromatic rings. The summed E-state index contributed by atoms with van der Waals surface area (Å²) in [6, 6.07) is 22.9. The molecule has 0 aliphatic carbocycles. The molecule has 5 rings (SSSR count). The third-order valence-electron chi connectivity index (χ3n) is 4.55. The molecule has 3 heterocycles. The topological polar surface area (TPSA) is 90.9 Å². The smallest absolute Gasteiger partial charge is 0.230 e. The van der Waals surface area contributed by atoms with Crippen LogP contribution in [-0.4, -0.2) is 19.5 Å². The first-order valence-corrected chi connectivity index (χ1v) is 9.41. The number of ether oxygens (including phenoxy) is 1. The molecule has 0 spiro atoms. The number of nitrogen functional groups attached to an aromatic ring is 1. The number of fused-ring (bicyclic) bond motifs is 1. The molecule has 30 heavy (non-hydrogen) atoms. The van der Waals surface area contributed by atoms with Gasteiger partial charge in [0.1, 0.15) is 11.6 Å². The van der Waals surface area contributed by atoms with Gasteiger partial charge in [-0.3, -0.25) is 0 Å². The first kappa shape index (κ1) is 17.7. The molecule has 0 saturated carbocycles. The number of hydrogen-bond donors (Lipinski definition) is 2. The molecule has 2 aromatic carbocycles. The van der Waals surface area contributed by atoms with Crippen LogP contribution in [0.15, 0.2) is 91.4 Å². The summed E-state index contributed by atoms with van der Waals surface area (Å²) in [5.41, 5.74) is 8.34. The SMILES string of the molecule is Nc1cccc(Nc2nccc(Oc3ccc4c(ccn4-c4ccccn4)c3)n2)c1. The van der Waals surface area contributed by atoms with Gasteiger partial charge in [-0.05, 0) is 54.6 Å². The quantitative estimate of drug-likeness (QED) is 0.411. The minimum atomic E-state index is 0.431. The Hall–Kier alpha value is -4.39. The van der Waals surface area contributed by atoms with Crippen molar-refractivity contribution in [3.05, 3.63) is 91.4 Å². The maximum absolute atomic E-state index is 5.96. The molecule has 0 amide bonds. The highest BCUT2D eigenvalue weighted by Gasteiger charge is 2.07. The lowest BCUT2D eigenvalue weighted by atomic mass is 10.2. The molecule has 0 aliphatic heterocycles. The van der Waals surface area contributed by atoms with Crippen LogP contribution in [-0.2, 0) is 0 Å². The molecule has 3 aromatic heterocycles. The molecule has 146 valence electrons. The van der Waals surface area contributed by atoms with Crippen LogP contribution in [0.2, 0.25) is 0 Å². The lowest BCUT2D eigenvalue weighted by molar-refractivity contribution is 0.463. The minimum absolute atomic E-state index is 0.431. The van der Waals surface area contributed by atoms with Crippen LogP contribution in [0.1, 0.15) is 0 Å². The van der Waals surface area contributed by atoms with Crippen molar-refractivity contribution in [3.63, 3.8) is 0 Å². The number of nitrogens with zero attached hydrogens (tertiary/aromatic N) is 4. The fourth-order valence-electron chi connectivity index (χ4n) is 3.21. The van der Waals surface area contributed by atoms with Crippen LogP contribution >= 0.6 is 0 Å². The third-order valence-corrected chi connectivity index (χ3v) is 4.55. The van der Waals surface area contributed by atoms with Crippen molar-refractivity contribution >= 4 is 28.2 Å².